The average molecular weight is 552 g/mol. The molecule has 2 saturated heterocycles. The van der Waals surface area contributed by atoms with Gasteiger partial charge in [0, 0.05) is 60.7 Å². The molecule has 3 N–H and O–H groups in total. The number of carbonyl (C=O) groups excluding carboxylic acids is 1. The lowest BCUT2D eigenvalue weighted by Gasteiger charge is -2.43. The van der Waals surface area contributed by atoms with Crippen molar-refractivity contribution in [3.05, 3.63) is 48.8 Å². The van der Waals surface area contributed by atoms with E-state index in [0.29, 0.717) is 13.2 Å². The number of imidazole rings is 1. The quantitative estimate of drug-likeness (QED) is 0.461. The molecule has 5 heterocycles. The van der Waals surface area contributed by atoms with Gasteiger partial charge in [-0.1, -0.05) is 11.8 Å². The summed E-state index contributed by atoms with van der Waals surface area (Å²) in [7, 11) is 0. The predicted octanol–water partition coefficient (Wildman–Crippen LogP) is 4.35. The van der Waals surface area contributed by atoms with E-state index in [1.165, 1.54) is 6.20 Å². The van der Waals surface area contributed by atoms with E-state index in [9.17, 15) is 4.79 Å². The SMILES string of the molecule is C[C@@H]1OCC2(CCN(c3ncc(Sc4cccnc4/C=C\N)c4nccn34)CC2)C1CNC(=O)OC(C)(C)C. The summed E-state index contributed by atoms with van der Waals surface area (Å²) in [6.07, 6.45) is 12.3. The summed E-state index contributed by atoms with van der Waals surface area (Å²) in [5.41, 5.74) is 6.77. The number of fused-ring (bicyclic) bond motifs is 1. The Labute approximate surface area is 233 Å². The van der Waals surface area contributed by atoms with Crippen molar-refractivity contribution in [1.29, 1.82) is 0 Å². The number of nitrogens with two attached hydrogens (primary N) is 1. The summed E-state index contributed by atoms with van der Waals surface area (Å²) < 4.78 is 13.6. The molecule has 2 atom stereocenters. The summed E-state index contributed by atoms with van der Waals surface area (Å²) in [6.45, 7) is 10.7. The maximum Gasteiger partial charge on any atom is 0.407 e. The van der Waals surface area contributed by atoms with Crippen LogP contribution in [0.2, 0.25) is 0 Å². The van der Waals surface area contributed by atoms with Crippen molar-refractivity contribution >= 4 is 35.5 Å². The predicted molar refractivity (Wildman–Crippen MR) is 152 cm³/mol. The Morgan fingerprint density at radius 3 is 2.79 bits per heavy atom. The van der Waals surface area contributed by atoms with Crippen molar-refractivity contribution in [2.24, 2.45) is 17.1 Å². The molecule has 11 heteroatoms. The highest BCUT2D eigenvalue weighted by atomic mass is 32.2. The highest BCUT2D eigenvalue weighted by Crippen LogP contribution is 2.47. The summed E-state index contributed by atoms with van der Waals surface area (Å²) in [6, 6.07) is 3.93. The van der Waals surface area contributed by atoms with E-state index in [0.717, 1.165) is 53.0 Å². The third kappa shape index (κ3) is 5.84. The third-order valence-electron chi connectivity index (χ3n) is 7.54. The van der Waals surface area contributed by atoms with Crippen LogP contribution in [-0.2, 0) is 9.47 Å². The number of pyridine rings is 1. The molecule has 0 aliphatic carbocycles. The van der Waals surface area contributed by atoms with Crippen LogP contribution in [0.15, 0.2) is 52.9 Å². The van der Waals surface area contributed by atoms with E-state index in [2.05, 4.69) is 31.5 Å². The van der Waals surface area contributed by atoms with Crippen molar-refractivity contribution in [1.82, 2.24) is 24.7 Å². The number of ether oxygens (including phenoxy) is 2. The second-order valence-electron chi connectivity index (χ2n) is 11.2. The molecule has 1 amide bonds. The number of hydrogen-bond acceptors (Lipinski definition) is 9. The topological polar surface area (TPSA) is 120 Å². The highest BCUT2D eigenvalue weighted by Gasteiger charge is 2.49. The minimum atomic E-state index is -0.521. The zero-order chi connectivity index (χ0) is 27.6. The zero-order valence-electron chi connectivity index (χ0n) is 23.0. The van der Waals surface area contributed by atoms with Gasteiger partial charge < -0.3 is 25.4 Å². The molecule has 0 aromatic carbocycles. The Morgan fingerprint density at radius 1 is 1.26 bits per heavy atom. The molecule has 5 rings (SSSR count). The van der Waals surface area contributed by atoms with Gasteiger partial charge in [-0.3, -0.25) is 9.38 Å². The van der Waals surface area contributed by atoms with Crippen LogP contribution in [0.1, 0.15) is 46.2 Å². The first kappa shape index (κ1) is 27.3. The van der Waals surface area contributed by atoms with Gasteiger partial charge in [0.25, 0.3) is 0 Å². The molecule has 1 spiro atoms. The van der Waals surface area contributed by atoms with Crippen molar-refractivity contribution in [2.75, 3.05) is 31.1 Å². The lowest BCUT2D eigenvalue weighted by Crippen LogP contribution is -2.48. The number of anilines is 1. The first-order valence-electron chi connectivity index (χ1n) is 13.4. The molecule has 3 aromatic heterocycles. The van der Waals surface area contributed by atoms with E-state index in [4.69, 9.17) is 20.2 Å². The molecule has 3 aromatic rings. The van der Waals surface area contributed by atoms with E-state index in [1.807, 2.05) is 51.5 Å². The monoisotopic (exact) mass is 551 g/mol. The number of aromatic nitrogens is 4. The minimum Gasteiger partial charge on any atom is -0.444 e. The molecule has 0 saturated carbocycles. The standard InChI is InChI=1S/C28H37N7O3S/c1-19-20(16-33-26(36)38-27(2,3)4)28(18-37-19)8-13-34(14-9-28)25-32-17-23(24-31-12-15-35(24)25)39-22-6-5-11-30-21(22)7-10-29/h5-7,10-12,15,17,19-20H,8-9,13-14,16,18,29H2,1-4H3,(H,33,36)/b10-7-/t19-,20?/m0/s1. The minimum absolute atomic E-state index is 0.0159. The fraction of sp³-hybridized carbons (Fsp3) is 0.500. The van der Waals surface area contributed by atoms with Gasteiger partial charge in [-0.2, -0.15) is 0 Å². The summed E-state index contributed by atoms with van der Waals surface area (Å²) in [5.74, 6) is 1.11. The van der Waals surface area contributed by atoms with Crippen LogP contribution in [0.25, 0.3) is 11.7 Å². The molecule has 208 valence electrons. The van der Waals surface area contributed by atoms with E-state index in [-0.39, 0.29) is 23.5 Å². The molecule has 2 fully saturated rings. The van der Waals surface area contributed by atoms with Gasteiger partial charge in [0.05, 0.1) is 23.3 Å². The molecule has 10 nitrogen and oxygen atoms in total. The van der Waals surface area contributed by atoms with E-state index < -0.39 is 5.60 Å². The summed E-state index contributed by atoms with van der Waals surface area (Å²) >= 11 is 1.58. The molecule has 39 heavy (non-hydrogen) atoms. The second kappa shape index (κ2) is 11.1. The average Bonchev–Trinajstić information content (AvgIpc) is 3.50. The van der Waals surface area contributed by atoms with Crippen LogP contribution in [0.5, 0.6) is 0 Å². The van der Waals surface area contributed by atoms with Gasteiger partial charge in [-0.15, -0.1) is 0 Å². The summed E-state index contributed by atoms with van der Waals surface area (Å²) in [5, 5.41) is 2.99. The molecular weight excluding hydrogens is 514 g/mol. The van der Waals surface area contributed by atoms with Crippen LogP contribution in [-0.4, -0.2) is 63.4 Å². The first-order valence-corrected chi connectivity index (χ1v) is 14.2. The van der Waals surface area contributed by atoms with E-state index >= 15 is 0 Å². The Balaban J connectivity index is 1.29. The Kier molecular flexibility index (Phi) is 7.73. The van der Waals surface area contributed by atoms with Gasteiger partial charge in [0.2, 0.25) is 5.95 Å². The summed E-state index contributed by atoms with van der Waals surface area (Å²) in [4.78, 5) is 30.5. The number of nitrogens with one attached hydrogen (secondary N) is 1. The van der Waals surface area contributed by atoms with Crippen LogP contribution < -0.4 is 16.0 Å². The molecule has 2 aliphatic heterocycles. The second-order valence-corrected chi connectivity index (χ2v) is 12.3. The van der Waals surface area contributed by atoms with Crippen molar-refractivity contribution in [3.63, 3.8) is 0 Å². The van der Waals surface area contributed by atoms with Gasteiger partial charge in [0.1, 0.15) is 5.60 Å². The lowest BCUT2D eigenvalue weighted by molar-refractivity contribution is 0.0491. The number of amides is 1. The molecule has 0 radical (unpaired) electrons. The van der Waals surface area contributed by atoms with Gasteiger partial charge in [-0.25, -0.2) is 14.8 Å². The van der Waals surface area contributed by atoms with Crippen molar-refractivity contribution in [3.8, 4) is 0 Å². The lowest BCUT2D eigenvalue weighted by atomic mass is 9.69. The Bertz CT molecular complexity index is 1340. The number of piperidine rings is 1. The highest BCUT2D eigenvalue weighted by molar-refractivity contribution is 7.99. The molecule has 0 bridgehead atoms. The maximum absolute atomic E-state index is 12.3. The maximum atomic E-state index is 12.3. The zero-order valence-corrected chi connectivity index (χ0v) is 23.8. The fourth-order valence-electron chi connectivity index (χ4n) is 5.59. The van der Waals surface area contributed by atoms with Gasteiger partial charge in [0.15, 0.2) is 5.65 Å². The number of nitrogens with zero attached hydrogens (tertiary/aromatic N) is 5. The Hall–Kier alpha value is -3.31. The van der Waals surface area contributed by atoms with Crippen LogP contribution in [0.4, 0.5) is 10.7 Å². The van der Waals surface area contributed by atoms with Crippen LogP contribution in [0, 0.1) is 11.3 Å². The fourth-order valence-corrected chi connectivity index (χ4v) is 6.55. The smallest absolute Gasteiger partial charge is 0.407 e. The Morgan fingerprint density at radius 2 is 2.05 bits per heavy atom. The van der Waals surface area contributed by atoms with Crippen LogP contribution in [0.3, 0.4) is 0 Å². The van der Waals surface area contributed by atoms with Gasteiger partial charge >= 0.3 is 6.09 Å². The number of alkyl carbamates (subject to hydrolysis) is 1. The first-order chi connectivity index (χ1) is 18.7. The van der Waals surface area contributed by atoms with Crippen molar-refractivity contribution in [2.45, 2.75) is 62.0 Å². The molecule has 1 unspecified atom stereocenters. The third-order valence-corrected chi connectivity index (χ3v) is 8.61. The largest absolute Gasteiger partial charge is 0.444 e. The molecule has 2 aliphatic rings. The number of rotatable bonds is 6. The number of hydrogen-bond donors (Lipinski definition) is 2. The van der Waals surface area contributed by atoms with Crippen LogP contribution >= 0.6 is 11.8 Å². The molecular formula is C28H37N7O3S. The van der Waals surface area contributed by atoms with Gasteiger partial charge in [-0.05, 0) is 64.9 Å². The van der Waals surface area contributed by atoms with Crippen molar-refractivity contribution < 1.29 is 14.3 Å². The normalized spacial score (nSPS) is 21.2. The number of carbonyl (C=O) groups is 1. The van der Waals surface area contributed by atoms with E-state index in [1.54, 1.807) is 24.0 Å².